The third kappa shape index (κ3) is 3.56. The lowest BCUT2D eigenvalue weighted by Crippen LogP contribution is -2.12. The zero-order valence-electron chi connectivity index (χ0n) is 11.1. The van der Waals surface area contributed by atoms with Crippen molar-refractivity contribution in [1.82, 2.24) is 4.98 Å². The Morgan fingerprint density at radius 1 is 1.21 bits per heavy atom. The zero-order valence-corrected chi connectivity index (χ0v) is 11.1. The minimum Gasteiger partial charge on any atom is -0.397 e. The Morgan fingerprint density at radius 2 is 2.11 bits per heavy atom. The quantitative estimate of drug-likeness (QED) is 0.588. The van der Waals surface area contributed by atoms with Crippen molar-refractivity contribution >= 4 is 22.3 Å². The first-order valence-corrected chi connectivity index (χ1v) is 6.26. The number of aromatic nitrogens is 1. The molecule has 1 aromatic carbocycles. The van der Waals surface area contributed by atoms with Crippen LogP contribution in [0.15, 0.2) is 30.5 Å². The fraction of sp³-hybridized carbons (Fsp3) is 0.357. The summed E-state index contributed by atoms with van der Waals surface area (Å²) in [7, 11) is 1.66. The average Bonchev–Trinajstić information content (AvgIpc) is 2.43. The molecule has 0 aliphatic heterocycles. The van der Waals surface area contributed by atoms with Crippen molar-refractivity contribution < 1.29 is 9.47 Å². The summed E-state index contributed by atoms with van der Waals surface area (Å²) in [5, 5.41) is 4.36. The number of nitrogen functional groups attached to an aromatic ring is 1. The van der Waals surface area contributed by atoms with Crippen LogP contribution in [-0.4, -0.2) is 38.5 Å². The maximum absolute atomic E-state index is 5.91. The number of benzene rings is 1. The lowest BCUT2D eigenvalue weighted by molar-refractivity contribution is 0.0759. The Kier molecular flexibility index (Phi) is 4.94. The molecule has 2 rings (SSSR count). The summed E-state index contributed by atoms with van der Waals surface area (Å²) in [6.45, 7) is 2.60. The Balaban J connectivity index is 1.95. The van der Waals surface area contributed by atoms with E-state index in [4.69, 9.17) is 15.2 Å². The van der Waals surface area contributed by atoms with Crippen molar-refractivity contribution in [1.29, 1.82) is 0 Å². The summed E-state index contributed by atoms with van der Waals surface area (Å²) in [6, 6.07) is 7.73. The minimum atomic E-state index is 0.613. The van der Waals surface area contributed by atoms with E-state index in [1.54, 1.807) is 13.3 Å². The SMILES string of the molecule is COCCOCCNc1ccnc2c(N)cccc12. The molecule has 2 aromatic rings. The molecule has 0 spiro atoms. The summed E-state index contributed by atoms with van der Waals surface area (Å²) in [5.41, 5.74) is 8.45. The summed E-state index contributed by atoms with van der Waals surface area (Å²) in [5.74, 6) is 0. The van der Waals surface area contributed by atoms with E-state index in [0.29, 0.717) is 25.5 Å². The second-order valence-corrected chi connectivity index (χ2v) is 4.13. The molecule has 0 aliphatic carbocycles. The first kappa shape index (κ1) is 13.6. The van der Waals surface area contributed by atoms with E-state index >= 15 is 0 Å². The highest BCUT2D eigenvalue weighted by molar-refractivity contribution is 5.97. The first-order valence-electron chi connectivity index (χ1n) is 6.26. The molecule has 0 saturated heterocycles. The van der Waals surface area contributed by atoms with Gasteiger partial charge in [0, 0.05) is 30.9 Å². The molecule has 5 nitrogen and oxygen atoms in total. The van der Waals surface area contributed by atoms with Gasteiger partial charge in [0.15, 0.2) is 0 Å². The fourth-order valence-corrected chi connectivity index (χ4v) is 1.86. The first-order chi connectivity index (χ1) is 9.33. The molecule has 0 amide bonds. The topological polar surface area (TPSA) is 69.4 Å². The molecule has 3 N–H and O–H groups in total. The van der Waals surface area contributed by atoms with Crippen LogP contribution in [0, 0.1) is 0 Å². The van der Waals surface area contributed by atoms with Crippen LogP contribution in [0.2, 0.25) is 0 Å². The van der Waals surface area contributed by atoms with Crippen LogP contribution in [0.4, 0.5) is 11.4 Å². The second kappa shape index (κ2) is 6.92. The van der Waals surface area contributed by atoms with E-state index in [9.17, 15) is 0 Å². The van der Waals surface area contributed by atoms with E-state index in [0.717, 1.165) is 23.1 Å². The van der Waals surface area contributed by atoms with E-state index < -0.39 is 0 Å². The van der Waals surface area contributed by atoms with Crippen molar-refractivity contribution in [2.75, 3.05) is 44.5 Å². The number of hydrogen-bond donors (Lipinski definition) is 2. The number of ether oxygens (including phenoxy) is 2. The highest BCUT2D eigenvalue weighted by Crippen LogP contribution is 2.25. The Morgan fingerprint density at radius 3 is 2.95 bits per heavy atom. The van der Waals surface area contributed by atoms with Crippen molar-refractivity contribution in [3.8, 4) is 0 Å². The van der Waals surface area contributed by atoms with Gasteiger partial charge < -0.3 is 20.5 Å². The molecule has 0 fully saturated rings. The molecule has 0 bridgehead atoms. The van der Waals surface area contributed by atoms with Gasteiger partial charge in [-0.3, -0.25) is 4.98 Å². The van der Waals surface area contributed by atoms with E-state index in [1.807, 2.05) is 24.3 Å². The van der Waals surface area contributed by atoms with Crippen molar-refractivity contribution in [2.45, 2.75) is 0 Å². The van der Waals surface area contributed by atoms with Crippen molar-refractivity contribution in [3.05, 3.63) is 30.5 Å². The van der Waals surface area contributed by atoms with E-state index in [2.05, 4.69) is 10.3 Å². The number of rotatable bonds is 7. The standard InChI is InChI=1S/C14H19N3O2/c1-18-9-10-19-8-7-16-13-5-6-17-14-11(13)3-2-4-12(14)15/h2-6H,7-10,15H2,1H3,(H,16,17). The summed E-state index contributed by atoms with van der Waals surface area (Å²) in [4.78, 5) is 4.30. The Labute approximate surface area is 112 Å². The van der Waals surface area contributed by atoms with Crippen LogP contribution >= 0.6 is 0 Å². The van der Waals surface area contributed by atoms with Crippen LogP contribution in [0.25, 0.3) is 10.9 Å². The van der Waals surface area contributed by atoms with Gasteiger partial charge in [0.25, 0.3) is 0 Å². The van der Waals surface area contributed by atoms with Gasteiger partial charge in [-0.15, -0.1) is 0 Å². The molecule has 5 heteroatoms. The molecule has 1 aromatic heterocycles. The number of nitrogens with zero attached hydrogens (tertiary/aromatic N) is 1. The summed E-state index contributed by atoms with van der Waals surface area (Å²) >= 11 is 0. The molecule has 102 valence electrons. The molecule has 0 radical (unpaired) electrons. The van der Waals surface area contributed by atoms with Gasteiger partial charge in [-0.05, 0) is 12.1 Å². The molecular weight excluding hydrogens is 242 g/mol. The average molecular weight is 261 g/mol. The van der Waals surface area contributed by atoms with Gasteiger partial charge in [0.1, 0.15) is 0 Å². The highest BCUT2D eigenvalue weighted by atomic mass is 16.5. The van der Waals surface area contributed by atoms with Crippen LogP contribution in [-0.2, 0) is 9.47 Å². The van der Waals surface area contributed by atoms with Crippen molar-refractivity contribution in [3.63, 3.8) is 0 Å². The number of nitrogens with one attached hydrogen (secondary N) is 1. The number of hydrogen-bond acceptors (Lipinski definition) is 5. The second-order valence-electron chi connectivity index (χ2n) is 4.13. The van der Waals surface area contributed by atoms with E-state index in [-0.39, 0.29) is 0 Å². The van der Waals surface area contributed by atoms with Crippen molar-refractivity contribution in [2.24, 2.45) is 0 Å². The smallest absolute Gasteiger partial charge is 0.0951 e. The van der Waals surface area contributed by atoms with Gasteiger partial charge in [-0.2, -0.15) is 0 Å². The number of fused-ring (bicyclic) bond motifs is 1. The van der Waals surface area contributed by atoms with Gasteiger partial charge in [-0.25, -0.2) is 0 Å². The summed E-state index contributed by atoms with van der Waals surface area (Å²) in [6.07, 6.45) is 1.76. The highest BCUT2D eigenvalue weighted by Gasteiger charge is 2.03. The predicted octanol–water partition coefficient (Wildman–Crippen LogP) is 1.89. The predicted molar refractivity (Wildman–Crippen MR) is 77.3 cm³/mol. The monoisotopic (exact) mass is 261 g/mol. The number of anilines is 2. The Bertz CT molecular complexity index is 531. The van der Waals surface area contributed by atoms with E-state index in [1.165, 1.54) is 0 Å². The molecule has 19 heavy (non-hydrogen) atoms. The van der Waals surface area contributed by atoms with Gasteiger partial charge in [0.2, 0.25) is 0 Å². The minimum absolute atomic E-state index is 0.613. The van der Waals surface area contributed by atoms with Gasteiger partial charge in [-0.1, -0.05) is 12.1 Å². The maximum atomic E-state index is 5.91. The van der Waals surface area contributed by atoms with Crippen LogP contribution < -0.4 is 11.1 Å². The summed E-state index contributed by atoms with van der Waals surface area (Å²) < 4.78 is 10.3. The van der Waals surface area contributed by atoms with Gasteiger partial charge in [0.05, 0.1) is 31.0 Å². The third-order valence-corrected chi connectivity index (χ3v) is 2.80. The maximum Gasteiger partial charge on any atom is 0.0951 e. The Hall–Kier alpha value is -1.85. The molecule has 1 heterocycles. The number of nitrogens with two attached hydrogens (primary N) is 1. The lowest BCUT2D eigenvalue weighted by Gasteiger charge is -2.10. The number of para-hydroxylation sites is 1. The van der Waals surface area contributed by atoms with Crippen LogP contribution in [0.5, 0.6) is 0 Å². The number of pyridine rings is 1. The third-order valence-electron chi connectivity index (χ3n) is 2.80. The van der Waals surface area contributed by atoms with Gasteiger partial charge >= 0.3 is 0 Å². The number of methoxy groups -OCH3 is 1. The van der Waals surface area contributed by atoms with Crippen LogP contribution in [0.1, 0.15) is 0 Å². The molecular formula is C14H19N3O2. The van der Waals surface area contributed by atoms with Crippen LogP contribution in [0.3, 0.4) is 0 Å². The molecule has 0 unspecified atom stereocenters. The molecule has 0 aliphatic rings. The molecule has 0 saturated carbocycles. The zero-order chi connectivity index (χ0) is 13.5. The lowest BCUT2D eigenvalue weighted by atomic mass is 10.1. The normalized spacial score (nSPS) is 10.8. The largest absolute Gasteiger partial charge is 0.397 e. The molecule has 0 atom stereocenters. The fourth-order valence-electron chi connectivity index (χ4n) is 1.86.